The van der Waals surface area contributed by atoms with Crippen molar-refractivity contribution < 1.29 is 4.55 Å². The van der Waals surface area contributed by atoms with Gasteiger partial charge in [-0.05, 0) is 36.4 Å². The third-order valence-corrected chi connectivity index (χ3v) is 5.11. The van der Waals surface area contributed by atoms with Crippen LogP contribution in [0.15, 0.2) is 59.5 Å². The number of benzene rings is 2. The van der Waals surface area contributed by atoms with E-state index in [2.05, 4.69) is 19.1 Å². The van der Waals surface area contributed by atoms with Gasteiger partial charge in [-0.15, -0.1) is 10.3 Å². The average Bonchev–Trinajstić information content (AvgIpc) is 2.33. The Kier molecular flexibility index (Phi) is 3.55. The number of rotatable bonds is 3. The van der Waals surface area contributed by atoms with E-state index in [1.165, 1.54) is 11.1 Å². The van der Waals surface area contributed by atoms with E-state index in [1.807, 2.05) is 48.7 Å². The molecule has 0 bridgehead atoms. The fraction of sp³-hybridized carbons (Fsp3) is 0.200. The van der Waals surface area contributed by atoms with Crippen LogP contribution in [0, 0.1) is 6.92 Å². The van der Waals surface area contributed by atoms with Gasteiger partial charge in [-0.3, -0.25) is 0 Å². The minimum absolute atomic E-state index is 0.726. The van der Waals surface area contributed by atoms with Crippen LogP contribution in [0.1, 0.15) is 11.1 Å². The van der Waals surface area contributed by atoms with E-state index in [4.69, 9.17) is 0 Å². The fourth-order valence-corrected chi connectivity index (χ4v) is 3.71. The van der Waals surface area contributed by atoms with Crippen molar-refractivity contribution in [2.75, 3.05) is 6.26 Å². The summed E-state index contributed by atoms with van der Waals surface area (Å²) in [5.74, 6) is 0.726. The van der Waals surface area contributed by atoms with Gasteiger partial charge in [0.25, 0.3) is 0 Å². The second kappa shape index (κ2) is 4.94. The van der Waals surface area contributed by atoms with Crippen LogP contribution in [0.2, 0.25) is 0 Å². The molecule has 0 fully saturated rings. The maximum Gasteiger partial charge on any atom is 0.0280 e. The quantitative estimate of drug-likeness (QED) is 0.847. The molecule has 0 saturated carbocycles. The molecule has 1 N–H and O–H groups in total. The van der Waals surface area contributed by atoms with Gasteiger partial charge in [0.05, 0.1) is 0 Å². The van der Waals surface area contributed by atoms with Gasteiger partial charge in [-0.25, -0.2) is 0 Å². The zero-order chi connectivity index (χ0) is 12.3. The molecule has 90 valence electrons. The van der Waals surface area contributed by atoms with Gasteiger partial charge < -0.3 is 4.55 Å². The summed E-state index contributed by atoms with van der Waals surface area (Å²) >= 11 is 0. The monoisotopic (exact) mass is 246 g/mol. The van der Waals surface area contributed by atoms with Crippen molar-refractivity contribution in [1.82, 2.24) is 0 Å². The van der Waals surface area contributed by atoms with Gasteiger partial charge in [0.15, 0.2) is 0 Å². The molecule has 1 unspecified atom stereocenters. The lowest BCUT2D eigenvalue weighted by atomic mass is 10.1. The lowest BCUT2D eigenvalue weighted by Crippen LogP contribution is -2.02. The highest BCUT2D eigenvalue weighted by molar-refractivity contribution is 8.27. The SMILES string of the molecule is Cc1ccccc1CS(C)(O)c1ccccc1. The summed E-state index contributed by atoms with van der Waals surface area (Å²) in [6, 6.07) is 18.2. The van der Waals surface area contributed by atoms with E-state index in [-0.39, 0.29) is 0 Å². The first-order valence-corrected chi connectivity index (χ1v) is 7.84. The van der Waals surface area contributed by atoms with E-state index in [1.54, 1.807) is 0 Å². The van der Waals surface area contributed by atoms with Crippen molar-refractivity contribution in [3.8, 4) is 0 Å². The van der Waals surface area contributed by atoms with Crippen molar-refractivity contribution >= 4 is 10.3 Å². The maximum absolute atomic E-state index is 10.6. The highest BCUT2D eigenvalue weighted by Gasteiger charge is 2.18. The van der Waals surface area contributed by atoms with Gasteiger partial charge in [0.1, 0.15) is 0 Å². The molecule has 0 saturated heterocycles. The number of aryl methyl sites for hydroxylation is 1. The van der Waals surface area contributed by atoms with Crippen LogP contribution in [0.3, 0.4) is 0 Å². The summed E-state index contributed by atoms with van der Waals surface area (Å²) in [7, 11) is -1.74. The third kappa shape index (κ3) is 2.90. The van der Waals surface area contributed by atoms with Crippen molar-refractivity contribution in [2.45, 2.75) is 17.6 Å². The van der Waals surface area contributed by atoms with Gasteiger partial charge >= 0.3 is 0 Å². The Hall–Kier alpha value is -1.25. The topological polar surface area (TPSA) is 20.2 Å². The van der Waals surface area contributed by atoms with Gasteiger partial charge in [-0.1, -0.05) is 42.5 Å². The molecule has 0 aliphatic carbocycles. The summed E-state index contributed by atoms with van der Waals surface area (Å²) in [4.78, 5) is 1.04. The van der Waals surface area contributed by atoms with Crippen LogP contribution in [-0.4, -0.2) is 10.8 Å². The smallest absolute Gasteiger partial charge is 0.0280 e. The molecule has 1 nitrogen and oxygen atoms in total. The molecule has 0 heterocycles. The van der Waals surface area contributed by atoms with Crippen LogP contribution in [0.5, 0.6) is 0 Å². The van der Waals surface area contributed by atoms with Crippen LogP contribution in [-0.2, 0) is 5.75 Å². The second-order valence-corrected chi connectivity index (χ2v) is 7.26. The van der Waals surface area contributed by atoms with E-state index < -0.39 is 10.3 Å². The Morgan fingerprint density at radius 3 is 2.18 bits per heavy atom. The molecule has 1 atom stereocenters. The molecule has 2 heteroatoms. The molecule has 0 radical (unpaired) electrons. The standard InChI is InChI=1S/C15H18OS/c1-13-8-6-7-9-14(13)12-17(2,16)15-10-4-3-5-11-15/h3-11,16H,12H2,1-2H3. The zero-order valence-electron chi connectivity index (χ0n) is 10.3. The fourth-order valence-electron chi connectivity index (χ4n) is 1.87. The summed E-state index contributed by atoms with van der Waals surface area (Å²) in [6.07, 6.45) is 1.95. The van der Waals surface area contributed by atoms with Crippen LogP contribution >= 0.6 is 10.3 Å². The minimum Gasteiger partial charge on any atom is -0.347 e. The van der Waals surface area contributed by atoms with E-state index in [0.29, 0.717) is 0 Å². The normalized spacial score (nSPS) is 16.2. The molecule has 0 amide bonds. The van der Waals surface area contributed by atoms with Gasteiger partial charge in [0, 0.05) is 10.6 Å². The van der Waals surface area contributed by atoms with Gasteiger partial charge in [0.2, 0.25) is 0 Å². The molecule has 2 aromatic carbocycles. The number of hydrogen-bond acceptors (Lipinski definition) is 1. The van der Waals surface area contributed by atoms with E-state index >= 15 is 0 Å². The Morgan fingerprint density at radius 1 is 0.941 bits per heavy atom. The first-order chi connectivity index (χ1) is 8.09. The summed E-state index contributed by atoms with van der Waals surface area (Å²) in [6.45, 7) is 2.09. The maximum atomic E-state index is 10.6. The molecule has 17 heavy (non-hydrogen) atoms. The van der Waals surface area contributed by atoms with E-state index in [9.17, 15) is 4.55 Å². The van der Waals surface area contributed by atoms with Crippen molar-refractivity contribution in [3.63, 3.8) is 0 Å². The first kappa shape index (κ1) is 12.2. The molecule has 0 aromatic heterocycles. The predicted molar refractivity (Wildman–Crippen MR) is 75.7 cm³/mol. The molecular weight excluding hydrogens is 228 g/mol. The first-order valence-electron chi connectivity index (χ1n) is 5.68. The lowest BCUT2D eigenvalue weighted by molar-refractivity contribution is 0.629. The van der Waals surface area contributed by atoms with Gasteiger partial charge in [-0.2, -0.15) is 0 Å². The Bertz CT molecular complexity index is 491. The molecule has 0 spiro atoms. The second-order valence-electron chi connectivity index (χ2n) is 4.42. The Labute approximate surface area is 105 Å². The molecule has 2 rings (SSSR count). The van der Waals surface area contributed by atoms with Crippen molar-refractivity contribution in [1.29, 1.82) is 0 Å². The Morgan fingerprint density at radius 2 is 1.53 bits per heavy atom. The summed E-state index contributed by atoms with van der Waals surface area (Å²) < 4.78 is 10.6. The summed E-state index contributed by atoms with van der Waals surface area (Å²) in [5.41, 5.74) is 2.48. The number of hydrogen-bond donors (Lipinski definition) is 1. The Balaban J connectivity index is 2.27. The molecular formula is C15H18OS. The zero-order valence-corrected chi connectivity index (χ0v) is 11.1. The lowest BCUT2D eigenvalue weighted by Gasteiger charge is -2.30. The van der Waals surface area contributed by atoms with Crippen LogP contribution < -0.4 is 0 Å². The minimum atomic E-state index is -1.74. The molecule has 0 aliphatic rings. The largest absolute Gasteiger partial charge is 0.347 e. The highest BCUT2D eigenvalue weighted by Crippen LogP contribution is 2.51. The summed E-state index contributed by atoms with van der Waals surface area (Å²) in [5, 5.41) is 0. The molecule has 0 aliphatic heterocycles. The van der Waals surface area contributed by atoms with Crippen molar-refractivity contribution in [2.24, 2.45) is 0 Å². The van der Waals surface area contributed by atoms with Crippen LogP contribution in [0.4, 0.5) is 0 Å². The van der Waals surface area contributed by atoms with E-state index in [0.717, 1.165) is 10.6 Å². The van der Waals surface area contributed by atoms with Crippen LogP contribution in [0.25, 0.3) is 0 Å². The average molecular weight is 246 g/mol. The third-order valence-electron chi connectivity index (χ3n) is 2.95. The highest BCUT2D eigenvalue weighted by atomic mass is 32.3. The van der Waals surface area contributed by atoms with Crippen molar-refractivity contribution in [3.05, 3.63) is 65.7 Å². The predicted octanol–water partition coefficient (Wildman–Crippen LogP) is 4.46. The molecule has 2 aromatic rings.